The summed E-state index contributed by atoms with van der Waals surface area (Å²) in [7, 11) is 0. The molecule has 0 aromatic rings. The molecule has 0 aliphatic heterocycles. The molecule has 0 aromatic heterocycles. The quantitative estimate of drug-likeness (QED) is 0.359. The van der Waals surface area contributed by atoms with Crippen LogP contribution in [0.5, 0.6) is 0 Å². The second kappa shape index (κ2) is 28.1. The Labute approximate surface area is 145 Å². The first-order valence-corrected chi connectivity index (χ1v) is 8.32. The summed E-state index contributed by atoms with van der Waals surface area (Å²) in [5, 5.41) is 0. The van der Waals surface area contributed by atoms with Crippen molar-refractivity contribution in [2.24, 2.45) is 0 Å². The van der Waals surface area contributed by atoms with Crippen LogP contribution in [0.1, 0.15) is 48.5 Å². The number of hydrogen-bond donors (Lipinski definition) is 0. The molecule has 0 radical (unpaired) electrons. The summed E-state index contributed by atoms with van der Waals surface area (Å²) in [6.45, 7) is 24.7. The average Bonchev–Trinajstić information content (AvgIpc) is 2.63. The van der Waals surface area contributed by atoms with Crippen LogP contribution in [0.3, 0.4) is 0 Å². The zero-order valence-electron chi connectivity index (χ0n) is 16.2. The maximum absolute atomic E-state index is 11.8. The van der Waals surface area contributed by atoms with Crippen LogP contribution in [0, 0.1) is 0 Å². The molecule has 0 saturated carbocycles. The fourth-order valence-corrected chi connectivity index (χ4v) is 1.12. The molecule has 0 atom stereocenters. The molecular weight excluding hydrogens is 280 g/mol. The number of rotatable bonds is 7. The summed E-state index contributed by atoms with van der Waals surface area (Å²) in [6.07, 6.45) is 15.1. The minimum atomic E-state index is -0.0696. The minimum Gasteiger partial charge on any atom is -0.289 e. The van der Waals surface area contributed by atoms with Gasteiger partial charge in [0, 0.05) is 5.57 Å². The molecule has 0 aromatic carbocycles. The predicted molar refractivity (Wildman–Crippen MR) is 110 cm³/mol. The molecule has 0 rings (SSSR count). The van der Waals surface area contributed by atoms with Gasteiger partial charge in [-0.25, -0.2) is 0 Å². The Bertz CT molecular complexity index is 415. The molecule has 130 valence electrons. The lowest BCUT2D eigenvalue weighted by Crippen LogP contribution is -1.95. The lowest BCUT2D eigenvalue weighted by molar-refractivity contribution is -0.111. The van der Waals surface area contributed by atoms with E-state index in [4.69, 9.17) is 0 Å². The molecule has 0 heterocycles. The van der Waals surface area contributed by atoms with Gasteiger partial charge < -0.3 is 0 Å². The van der Waals surface area contributed by atoms with E-state index in [1.807, 2.05) is 54.5 Å². The van der Waals surface area contributed by atoms with Gasteiger partial charge in [0.25, 0.3) is 0 Å². The Morgan fingerprint density at radius 3 is 1.57 bits per heavy atom. The molecule has 1 nitrogen and oxygen atoms in total. The van der Waals surface area contributed by atoms with E-state index in [2.05, 4.69) is 19.7 Å². The highest BCUT2D eigenvalue weighted by Crippen LogP contribution is 2.04. The van der Waals surface area contributed by atoms with E-state index in [0.717, 1.165) is 5.57 Å². The Morgan fingerprint density at radius 1 is 0.739 bits per heavy atom. The third-order valence-corrected chi connectivity index (χ3v) is 1.90. The molecule has 0 amide bonds. The van der Waals surface area contributed by atoms with Crippen LogP contribution in [0.4, 0.5) is 0 Å². The number of ketones is 1. The van der Waals surface area contributed by atoms with E-state index in [1.165, 1.54) is 6.08 Å². The van der Waals surface area contributed by atoms with Gasteiger partial charge >= 0.3 is 0 Å². The van der Waals surface area contributed by atoms with Crippen molar-refractivity contribution in [3.8, 4) is 0 Å². The molecule has 0 aliphatic carbocycles. The third kappa shape index (κ3) is 19.9. The first kappa shape index (κ1) is 28.9. The summed E-state index contributed by atoms with van der Waals surface area (Å²) >= 11 is 0. The largest absolute Gasteiger partial charge is 0.289 e. The lowest BCUT2D eigenvalue weighted by atomic mass is 10.1. The van der Waals surface area contributed by atoms with Crippen molar-refractivity contribution in [2.45, 2.75) is 48.5 Å². The molecule has 0 spiro atoms. The fraction of sp³-hybridized carbons (Fsp3) is 0.318. The van der Waals surface area contributed by atoms with Crippen LogP contribution in [0.2, 0.25) is 0 Å². The summed E-state index contributed by atoms with van der Waals surface area (Å²) in [5.74, 6) is -0.0696. The summed E-state index contributed by atoms with van der Waals surface area (Å²) in [5.41, 5.74) is 1.44. The molecule has 0 saturated heterocycles. The van der Waals surface area contributed by atoms with Crippen LogP contribution in [0.25, 0.3) is 0 Å². The standard InChI is InChI=1S/C16H18O.3C2H6/c1-5-9-14(8-4)12-13-16(17)15(10-6-2)11-7-3;3*1-2/h5-13H,1-2,4H2,3H3;3*1-2H3/b11-7-,13-12+,14-9+,15-10+;;;. The monoisotopic (exact) mass is 316 g/mol. The van der Waals surface area contributed by atoms with E-state index < -0.39 is 0 Å². The van der Waals surface area contributed by atoms with E-state index >= 15 is 0 Å². The zero-order chi connectivity index (χ0) is 19.1. The van der Waals surface area contributed by atoms with Crippen molar-refractivity contribution < 1.29 is 4.79 Å². The van der Waals surface area contributed by atoms with Gasteiger partial charge in [-0.3, -0.25) is 4.79 Å². The molecule has 1 heteroatoms. The number of allylic oxidation sites excluding steroid dienone is 11. The van der Waals surface area contributed by atoms with Crippen LogP contribution in [-0.2, 0) is 4.79 Å². The highest BCUT2D eigenvalue weighted by molar-refractivity contribution is 6.06. The molecule has 0 unspecified atom stereocenters. The van der Waals surface area contributed by atoms with Crippen molar-refractivity contribution in [3.05, 3.63) is 85.6 Å². The van der Waals surface area contributed by atoms with Gasteiger partial charge in [0.1, 0.15) is 0 Å². The van der Waals surface area contributed by atoms with Crippen molar-refractivity contribution in [1.29, 1.82) is 0 Å². The molecule has 0 bridgehead atoms. The summed E-state index contributed by atoms with van der Waals surface area (Å²) in [6, 6.07) is 0. The van der Waals surface area contributed by atoms with Gasteiger partial charge in [0.2, 0.25) is 0 Å². The van der Waals surface area contributed by atoms with Gasteiger partial charge in [-0.05, 0) is 18.6 Å². The smallest absolute Gasteiger partial charge is 0.185 e. The molecule has 0 fully saturated rings. The van der Waals surface area contributed by atoms with Crippen molar-refractivity contribution >= 4 is 5.78 Å². The van der Waals surface area contributed by atoms with Gasteiger partial charge in [-0.15, -0.1) is 0 Å². The number of carbonyl (C=O) groups excluding carboxylic acids is 1. The molecule has 0 N–H and O–H groups in total. The Balaban J connectivity index is -0.000000267. The van der Waals surface area contributed by atoms with Crippen LogP contribution < -0.4 is 0 Å². The first-order valence-electron chi connectivity index (χ1n) is 8.32. The second-order valence-electron chi connectivity index (χ2n) is 3.16. The Hall–Kier alpha value is -2.15. The number of hydrogen-bond acceptors (Lipinski definition) is 1. The maximum atomic E-state index is 11.8. The summed E-state index contributed by atoms with van der Waals surface area (Å²) in [4.78, 5) is 11.8. The summed E-state index contributed by atoms with van der Waals surface area (Å²) < 4.78 is 0. The first-order chi connectivity index (χ1) is 11.2. The van der Waals surface area contributed by atoms with Crippen molar-refractivity contribution in [2.75, 3.05) is 0 Å². The zero-order valence-corrected chi connectivity index (χ0v) is 16.2. The third-order valence-electron chi connectivity index (χ3n) is 1.90. The molecule has 23 heavy (non-hydrogen) atoms. The molecule has 0 aliphatic rings. The maximum Gasteiger partial charge on any atom is 0.185 e. The average molecular weight is 317 g/mol. The Kier molecular flexibility index (Phi) is 35.3. The highest BCUT2D eigenvalue weighted by atomic mass is 16.1. The van der Waals surface area contributed by atoms with E-state index in [-0.39, 0.29) is 5.78 Å². The van der Waals surface area contributed by atoms with E-state index in [0.29, 0.717) is 5.57 Å². The van der Waals surface area contributed by atoms with Gasteiger partial charge in [-0.1, -0.05) is 110 Å². The van der Waals surface area contributed by atoms with Gasteiger partial charge in [0.05, 0.1) is 0 Å². The topological polar surface area (TPSA) is 17.1 Å². The van der Waals surface area contributed by atoms with E-state index in [1.54, 1.807) is 42.5 Å². The minimum absolute atomic E-state index is 0.0696. The SMILES string of the molecule is C=C/C=C(C=C)/C=C/C(=O)C(/C=C\C)=C/C=C.CC.CC.CC. The Morgan fingerprint density at radius 2 is 1.22 bits per heavy atom. The van der Waals surface area contributed by atoms with Crippen LogP contribution in [-0.4, -0.2) is 5.78 Å². The van der Waals surface area contributed by atoms with Crippen LogP contribution >= 0.6 is 0 Å². The van der Waals surface area contributed by atoms with Crippen molar-refractivity contribution in [3.63, 3.8) is 0 Å². The fourth-order valence-electron chi connectivity index (χ4n) is 1.12. The predicted octanol–water partition coefficient (Wildman–Crippen LogP) is 7.18. The van der Waals surface area contributed by atoms with E-state index in [9.17, 15) is 4.79 Å². The normalized spacial score (nSPS) is 10.4. The van der Waals surface area contributed by atoms with Gasteiger partial charge in [0.15, 0.2) is 5.78 Å². The second-order valence-corrected chi connectivity index (χ2v) is 3.16. The molecular formula is C22H36O. The number of carbonyl (C=O) groups is 1. The lowest BCUT2D eigenvalue weighted by Gasteiger charge is -1.95. The van der Waals surface area contributed by atoms with Crippen LogP contribution in [0.15, 0.2) is 85.6 Å². The highest BCUT2D eigenvalue weighted by Gasteiger charge is 2.00. The van der Waals surface area contributed by atoms with Crippen molar-refractivity contribution in [1.82, 2.24) is 0 Å². The van der Waals surface area contributed by atoms with Gasteiger partial charge in [-0.2, -0.15) is 0 Å².